The Kier molecular flexibility index (Phi) is 5.26. The first kappa shape index (κ1) is 16.9. The average Bonchev–Trinajstić information content (AvgIpc) is 3.02. The van der Waals surface area contributed by atoms with Gasteiger partial charge in [0, 0.05) is 5.56 Å². The fraction of sp³-hybridized carbons (Fsp3) is 0.412. The minimum absolute atomic E-state index is 0.323. The highest BCUT2D eigenvalue weighted by Gasteiger charge is 2.42. The van der Waals surface area contributed by atoms with Crippen molar-refractivity contribution in [2.75, 3.05) is 13.7 Å². The van der Waals surface area contributed by atoms with Crippen molar-refractivity contribution in [2.24, 2.45) is 0 Å². The van der Waals surface area contributed by atoms with Crippen molar-refractivity contribution in [1.29, 1.82) is 0 Å². The second-order valence-corrected chi connectivity index (χ2v) is 5.51. The SMILES string of the molecule is C=CCOc1ccc(C(=O)NC2(C(=O)O)CCCC2)cc1OC. The first-order valence-electron chi connectivity index (χ1n) is 7.50. The molecule has 0 radical (unpaired) electrons. The number of benzene rings is 1. The molecule has 1 fully saturated rings. The van der Waals surface area contributed by atoms with Gasteiger partial charge in [-0.15, -0.1) is 0 Å². The van der Waals surface area contributed by atoms with Crippen molar-refractivity contribution < 1.29 is 24.2 Å². The van der Waals surface area contributed by atoms with Gasteiger partial charge in [-0.3, -0.25) is 4.79 Å². The fourth-order valence-corrected chi connectivity index (χ4v) is 2.74. The molecule has 1 saturated carbocycles. The van der Waals surface area contributed by atoms with Gasteiger partial charge in [-0.25, -0.2) is 4.79 Å². The summed E-state index contributed by atoms with van der Waals surface area (Å²) in [5, 5.41) is 12.1. The van der Waals surface area contributed by atoms with E-state index in [0.29, 0.717) is 36.5 Å². The number of hydrogen-bond acceptors (Lipinski definition) is 4. The number of carbonyl (C=O) groups is 2. The van der Waals surface area contributed by atoms with Crippen molar-refractivity contribution in [3.8, 4) is 11.5 Å². The standard InChI is InChI=1S/C17H21NO5/c1-3-10-23-13-7-6-12(11-14(13)22-2)15(19)18-17(16(20)21)8-4-5-9-17/h3,6-7,11H,1,4-5,8-10H2,2H3,(H,18,19)(H,20,21). The third-order valence-electron chi connectivity index (χ3n) is 4.00. The third kappa shape index (κ3) is 3.64. The summed E-state index contributed by atoms with van der Waals surface area (Å²) in [7, 11) is 1.48. The molecule has 0 bridgehead atoms. The van der Waals surface area contributed by atoms with E-state index in [0.717, 1.165) is 12.8 Å². The Bertz CT molecular complexity index is 605. The summed E-state index contributed by atoms with van der Waals surface area (Å²) >= 11 is 0. The summed E-state index contributed by atoms with van der Waals surface area (Å²) in [6.45, 7) is 3.90. The van der Waals surface area contributed by atoms with Crippen LogP contribution in [0.2, 0.25) is 0 Å². The topological polar surface area (TPSA) is 84.9 Å². The first-order chi connectivity index (χ1) is 11.0. The molecule has 2 N–H and O–H groups in total. The first-order valence-corrected chi connectivity index (χ1v) is 7.50. The number of ether oxygens (including phenoxy) is 2. The van der Waals surface area contributed by atoms with Crippen LogP contribution in [0.15, 0.2) is 30.9 Å². The van der Waals surface area contributed by atoms with Crippen LogP contribution in [-0.4, -0.2) is 36.2 Å². The molecule has 1 aromatic rings. The minimum atomic E-state index is -1.16. The maximum atomic E-state index is 12.4. The molecule has 0 aromatic heterocycles. The van der Waals surface area contributed by atoms with Crippen molar-refractivity contribution in [3.05, 3.63) is 36.4 Å². The molecule has 23 heavy (non-hydrogen) atoms. The molecule has 1 aliphatic carbocycles. The Hall–Kier alpha value is -2.50. The zero-order valence-electron chi connectivity index (χ0n) is 13.1. The van der Waals surface area contributed by atoms with Crippen LogP contribution in [0.1, 0.15) is 36.0 Å². The van der Waals surface area contributed by atoms with Gasteiger partial charge in [0.2, 0.25) is 0 Å². The smallest absolute Gasteiger partial charge is 0.329 e. The molecule has 0 unspecified atom stereocenters. The number of methoxy groups -OCH3 is 1. The van der Waals surface area contributed by atoms with E-state index in [1.807, 2.05) is 0 Å². The van der Waals surface area contributed by atoms with Crippen LogP contribution in [0.25, 0.3) is 0 Å². The van der Waals surface area contributed by atoms with E-state index >= 15 is 0 Å². The Labute approximate surface area is 135 Å². The van der Waals surface area contributed by atoms with Gasteiger partial charge in [-0.1, -0.05) is 25.5 Å². The molecule has 0 atom stereocenters. The van der Waals surface area contributed by atoms with Crippen molar-refractivity contribution in [1.82, 2.24) is 5.32 Å². The Morgan fingerprint density at radius 1 is 1.35 bits per heavy atom. The second kappa shape index (κ2) is 7.17. The quantitative estimate of drug-likeness (QED) is 0.754. The van der Waals surface area contributed by atoms with Gasteiger partial charge < -0.3 is 19.9 Å². The lowest BCUT2D eigenvalue weighted by Crippen LogP contribution is -2.52. The zero-order valence-corrected chi connectivity index (χ0v) is 13.1. The number of nitrogens with one attached hydrogen (secondary N) is 1. The summed E-state index contributed by atoms with van der Waals surface area (Å²) in [5.74, 6) is -0.503. The van der Waals surface area contributed by atoms with Crippen LogP contribution in [0.4, 0.5) is 0 Å². The molecule has 6 nitrogen and oxygen atoms in total. The molecule has 0 spiro atoms. The van der Waals surface area contributed by atoms with E-state index in [2.05, 4.69) is 11.9 Å². The summed E-state index contributed by atoms with van der Waals surface area (Å²) in [6.07, 6.45) is 4.10. The van der Waals surface area contributed by atoms with Gasteiger partial charge in [0.25, 0.3) is 5.91 Å². The normalized spacial score (nSPS) is 15.7. The molecule has 1 aliphatic rings. The molecule has 0 saturated heterocycles. The number of amides is 1. The maximum absolute atomic E-state index is 12.4. The van der Waals surface area contributed by atoms with Crippen LogP contribution < -0.4 is 14.8 Å². The molecule has 6 heteroatoms. The van der Waals surface area contributed by atoms with Gasteiger partial charge in [-0.05, 0) is 31.0 Å². The number of carboxylic acids is 1. The highest BCUT2D eigenvalue weighted by molar-refractivity contribution is 5.98. The summed E-state index contributed by atoms with van der Waals surface area (Å²) < 4.78 is 10.7. The Morgan fingerprint density at radius 2 is 2.04 bits per heavy atom. The zero-order chi connectivity index (χ0) is 16.9. The molecule has 2 rings (SSSR count). The number of rotatable bonds is 7. The van der Waals surface area contributed by atoms with Gasteiger partial charge in [0.15, 0.2) is 11.5 Å². The lowest BCUT2D eigenvalue weighted by Gasteiger charge is -2.25. The summed E-state index contributed by atoms with van der Waals surface area (Å²) in [4.78, 5) is 23.9. The van der Waals surface area contributed by atoms with Gasteiger partial charge in [-0.2, -0.15) is 0 Å². The van der Waals surface area contributed by atoms with E-state index in [-0.39, 0.29) is 0 Å². The molecule has 124 valence electrons. The lowest BCUT2D eigenvalue weighted by atomic mass is 9.97. The van der Waals surface area contributed by atoms with E-state index in [1.165, 1.54) is 13.2 Å². The average molecular weight is 319 g/mol. The lowest BCUT2D eigenvalue weighted by molar-refractivity contribution is -0.144. The van der Waals surface area contributed by atoms with Gasteiger partial charge in [0.05, 0.1) is 7.11 Å². The minimum Gasteiger partial charge on any atom is -0.493 e. The predicted octanol–water partition coefficient (Wildman–Crippen LogP) is 2.39. The number of carboxylic acid groups (broad SMARTS) is 1. The predicted molar refractivity (Wildman–Crippen MR) is 85.0 cm³/mol. The van der Waals surface area contributed by atoms with Gasteiger partial charge >= 0.3 is 5.97 Å². The maximum Gasteiger partial charge on any atom is 0.329 e. The van der Waals surface area contributed by atoms with E-state index in [9.17, 15) is 14.7 Å². The Morgan fingerprint density at radius 3 is 2.61 bits per heavy atom. The molecular weight excluding hydrogens is 298 g/mol. The third-order valence-corrected chi connectivity index (χ3v) is 4.00. The van der Waals surface area contributed by atoms with E-state index in [4.69, 9.17) is 9.47 Å². The second-order valence-electron chi connectivity index (χ2n) is 5.51. The monoisotopic (exact) mass is 319 g/mol. The molecule has 0 heterocycles. The van der Waals surface area contributed by atoms with Crippen molar-refractivity contribution >= 4 is 11.9 Å². The summed E-state index contributed by atoms with van der Waals surface area (Å²) in [6, 6.07) is 4.75. The molecule has 1 amide bonds. The number of aliphatic carboxylic acids is 1. The summed E-state index contributed by atoms with van der Waals surface area (Å²) in [5.41, 5.74) is -0.831. The number of carbonyl (C=O) groups excluding carboxylic acids is 1. The van der Waals surface area contributed by atoms with Crippen LogP contribution in [0.3, 0.4) is 0 Å². The fourth-order valence-electron chi connectivity index (χ4n) is 2.74. The van der Waals surface area contributed by atoms with Crippen LogP contribution in [0.5, 0.6) is 11.5 Å². The van der Waals surface area contributed by atoms with E-state index in [1.54, 1.807) is 18.2 Å². The van der Waals surface area contributed by atoms with Crippen LogP contribution in [-0.2, 0) is 4.79 Å². The highest BCUT2D eigenvalue weighted by atomic mass is 16.5. The largest absolute Gasteiger partial charge is 0.493 e. The highest BCUT2D eigenvalue weighted by Crippen LogP contribution is 2.32. The van der Waals surface area contributed by atoms with Crippen LogP contribution >= 0.6 is 0 Å². The molecular formula is C17H21NO5. The van der Waals surface area contributed by atoms with Crippen LogP contribution in [0, 0.1) is 0 Å². The van der Waals surface area contributed by atoms with Crippen molar-refractivity contribution in [2.45, 2.75) is 31.2 Å². The van der Waals surface area contributed by atoms with Crippen molar-refractivity contribution in [3.63, 3.8) is 0 Å². The number of hydrogen-bond donors (Lipinski definition) is 2. The van der Waals surface area contributed by atoms with Gasteiger partial charge in [0.1, 0.15) is 12.1 Å². The molecule has 1 aromatic carbocycles. The molecule has 0 aliphatic heterocycles. The van der Waals surface area contributed by atoms with E-state index < -0.39 is 17.4 Å². The Balaban J connectivity index is 2.19.